The first-order chi connectivity index (χ1) is 8.63. The number of carbonyl (C=O) groups excluding carboxylic acids is 1. The van der Waals surface area contributed by atoms with Gasteiger partial charge in [0.05, 0.1) is 18.3 Å². The van der Waals surface area contributed by atoms with Gasteiger partial charge in [-0.3, -0.25) is 9.78 Å². The Balaban J connectivity index is 1.98. The minimum absolute atomic E-state index is 0.124. The number of pyridine rings is 1. The van der Waals surface area contributed by atoms with Crippen LogP contribution in [-0.2, 0) is 11.2 Å². The Kier molecular flexibility index (Phi) is 3.94. The third-order valence-electron chi connectivity index (χ3n) is 2.29. The summed E-state index contributed by atoms with van der Waals surface area (Å²) in [5.41, 5.74) is 1.49. The normalized spacial score (nSPS) is 10.1. The first-order valence-electron chi connectivity index (χ1n) is 5.32. The fraction of sp³-hybridized carbons (Fsp3) is 0.0769. The van der Waals surface area contributed by atoms with E-state index in [1.54, 1.807) is 42.7 Å². The van der Waals surface area contributed by atoms with Crippen LogP contribution >= 0.6 is 15.9 Å². The second-order valence-electron chi connectivity index (χ2n) is 3.78. The highest BCUT2D eigenvalue weighted by Gasteiger charge is 2.04. The van der Waals surface area contributed by atoms with Gasteiger partial charge < -0.3 is 10.4 Å². The highest BCUT2D eigenvalue weighted by molar-refractivity contribution is 9.10. The average molecular weight is 307 g/mol. The molecule has 2 aromatic rings. The number of nitrogens with one attached hydrogen (secondary N) is 1. The molecule has 0 bridgehead atoms. The van der Waals surface area contributed by atoms with Gasteiger partial charge in [0.15, 0.2) is 0 Å². The van der Waals surface area contributed by atoms with E-state index in [1.165, 1.54) is 0 Å². The summed E-state index contributed by atoms with van der Waals surface area (Å²) in [5, 5.41) is 11.9. The molecule has 2 rings (SSSR count). The third-order valence-corrected chi connectivity index (χ3v) is 2.72. The van der Waals surface area contributed by atoms with E-state index < -0.39 is 0 Å². The van der Waals surface area contributed by atoms with Crippen LogP contribution in [0.3, 0.4) is 0 Å². The zero-order chi connectivity index (χ0) is 13.0. The molecule has 0 saturated heterocycles. The Bertz CT molecular complexity index is 555. The number of phenolic OH excluding ortho intramolecular Hbond substituents is 1. The molecule has 0 fully saturated rings. The fourth-order valence-electron chi connectivity index (χ4n) is 1.48. The molecule has 1 aromatic carbocycles. The van der Waals surface area contributed by atoms with Crippen LogP contribution in [0.4, 0.5) is 5.69 Å². The molecule has 0 atom stereocenters. The topological polar surface area (TPSA) is 62.2 Å². The first kappa shape index (κ1) is 12.6. The van der Waals surface area contributed by atoms with Gasteiger partial charge in [-0.05, 0) is 39.7 Å². The van der Waals surface area contributed by atoms with Crippen LogP contribution in [0, 0.1) is 0 Å². The summed E-state index contributed by atoms with van der Waals surface area (Å²) in [5.74, 6) is 0.0657. The number of aromatic nitrogens is 1. The Morgan fingerprint density at radius 1 is 1.28 bits per heavy atom. The van der Waals surface area contributed by atoms with Crippen LogP contribution in [0.1, 0.15) is 5.56 Å². The largest absolute Gasteiger partial charge is 0.508 e. The minimum atomic E-state index is -0.124. The molecule has 0 unspecified atom stereocenters. The molecule has 0 saturated carbocycles. The molecule has 0 aliphatic carbocycles. The third kappa shape index (κ3) is 3.56. The highest BCUT2D eigenvalue weighted by atomic mass is 79.9. The van der Waals surface area contributed by atoms with Crippen LogP contribution in [0.2, 0.25) is 0 Å². The molecule has 2 N–H and O–H groups in total. The summed E-state index contributed by atoms with van der Waals surface area (Å²) >= 11 is 3.29. The lowest BCUT2D eigenvalue weighted by molar-refractivity contribution is -0.115. The lowest BCUT2D eigenvalue weighted by Gasteiger charge is -2.05. The minimum Gasteiger partial charge on any atom is -0.508 e. The van der Waals surface area contributed by atoms with Crippen molar-refractivity contribution in [3.63, 3.8) is 0 Å². The Morgan fingerprint density at radius 3 is 2.67 bits per heavy atom. The number of aromatic hydroxyl groups is 1. The smallest absolute Gasteiger partial charge is 0.228 e. The number of hydrogen-bond donors (Lipinski definition) is 2. The van der Waals surface area contributed by atoms with Gasteiger partial charge in [-0.25, -0.2) is 0 Å². The van der Waals surface area contributed by atoms with E-state index in [0.717, 1.165) is 10.0 Å². The maximum Gasteiger partial charge on any atom is 0.228 e. The van der Waals surface area contributed by atoms with Crippen molar-refractivity contribution in [3.8, 4) is 5.75 Å². The number of benzene rings is 1. The van der Waals surface area contributed by atoms with Gasteiger partial charge in [0.1, 0.15) is 5.75 Å². The number of nitrogens with zero attached hydrogens (tertiary/aromatic N) is 1. The van der Waals surface area contributed by atoms with Crippen molar-refractivity contribution in [1.82, 2.24) is 4.98 Å². The SMILES string of the molecule is O=C(Cc1ccc(O)cc1)Nc1cncc(Br)c1. The Labute approximate surface area is 113 Å². The number of phenols is 1. The monoisotopic (exact) mass is 306 g/mol. The van der Waals surface area contributed by atoms with Crippen molar-refractivity contribution in [1.29, 1.82) is 0 Å². The maximum absolute atomic E-state index is 11.8. The van der Waals surface area contributed by atoms with E-state index in [2.05, 4.69) is 26.2 Å². The van der Waals surface area contributed by atoms with Crippen molar-refractivity contribution >= 4 is 27.5 Å². The number of rotatable bonds is 3. The quantitative estimate of drug-likeness (QED) is 0.916. The predicted octanol–water partition coefficient (Wildman–Crippen LogP) is 2.73. The zero-order valence-corrected chi connectivity index (χ0v) is 11.0. The molecular weight excluding hydrogens is 296 g/mol. The van der Waals surface area contributed by atoms with E-state index in [0.29, 0.717) is 5.69 Å². The van der Waals surface area contributed by atoms with Gasteiger partial charge >= 0.3 is 0 Å². The molecule has 0 spiro atoms. The zero-order valence-electron chi connectivity index (χ0n) is 9.43. The summed E-state index contributed by atoms with van der Waals surface area (Å²) in [6, 6.07) is 8.33. The van der Waals surface area contributed by atoms with E-state index >= 15 is 0 Å². The van der Waals surface area contributed by atoms with Crippen molar-refractivity contribution in [2.75, 3.05) is 5.32 Å². The second kappa shape index (κ2) is 5.64. The van der Waals surface area contributed by atoms with Gasteiger partial charge in [0.25, 0.3) is 0 Å². The van der Waals surface area contributed by atoms with Crippen LogP contribution < -0.4 is 5.32 Å². The van der Waals surface area contributed by atoms with Crippen molar-refractivity contribution in [2.24, 2.45) is 0 Å². The van der Waals surface area contributed by atoms with Gasteiger partial charge in [-0.15, -0.1) is 0 Å². The Morgan fingerprint density at radius 2 is 2.00 bits per heavy atom. The number of amides is 1. The molecule has 4 nitrogen and oxygen atoms in total. The van der Waals surface area contributed by atoms with Gasteiger partial charge in [0, 0.05) is 10.7 Å². The average Bonchev–Trinajstić information content (AvgIpc) is 2.32. The molecule has 92 valence electrons. The number of anilines is 1. The summed E-state index contributed by atoms with van der Waals surface area (Å²) in [4.78, 5) is 15.7. The van der Waals surface area contributed by atoms with Gasteiger partial charge in [0.2, 0.25) is 5.91 Å². The fourth-order valence-corrected chi connectivity index (χ4v) is 1.85. The summed E-state index contributed by atoms with van der Waals surface area (Å²) in [6.45, 7) is 0. The predicted molar refractivity (Wildman–Crippen MR) is 72.4 cm³/mol. The Hall–Kier alpha value is -1.88. The lowest BCUT2D eigenvalue weighted by Crippen LogP contribution is -2.14. The van der Waals surface area contributed by atoms with Gasteiger partial charge in [-0.2, -0.15) is 0 Å². The van der Waals surface area contributed by atoms with E-state index in [9.17, 15) is 4.79 Å². The number of carbonyl (C=O) groups is 1. The first-order valence-corrected chi connectivity index (χ1v) is 6.11. The standard InChI is InChI=1S/C13H11BrN2O2/c14-10-6-11(8-15-7-10)16-13(18)5-9-1-3-12(17)4-2-9/h1-4,6-8,17H,5H2,(H,16,18). The van der Waals surface area contributed by atoms with Crippen molar-refractivity contribution in [3.05, 3.63) is 52.8 Å². The van der Waals surface area contributed by atoms with Crippen LogP contribution in [0.5, 0.6) is 5.75 Å². The second-order valence-corrected chi connectivity index (χ2v) is 4.70. The van der Waals surface area contributed by atoms with Gasteiger partial charge in [-0.1, -0.05) is 12.1 Å². The van der Waals surface area contributed by atoms with Crippen molar-refractivity contribution < 1.29 is 9.90 Å². The molecule has 1 aromatic heterocycles. The summed E-state index contributed by atoms with van der Waals surface area (Å²) in [7, 11) is 0. The number of halogens is 1. The summed E-state index contributed by atoms with van der Waals surface area (Å²) in [6.07, 6.45) is 3.49. The van der Waals surface area contributed by atoms with Crippen molar-refractivity contribution in [2.45, 2.75) is 6.42 Å². The molecule has 0 aliphatic rings. The summed E-state index contributed by atoms with van der Waals surface area (Å²) < 4.78 is 0.810. The molecule has 1 amide bonds. The van der Waals surface area contributed by atoms with E-state index in [1.807, 2.05) is 0 Å². The lowest BCUT2D eigenvalue weighted by atomic mass is 10.1. The molecular formula is C13H11BrN2O2. The molecule has 1 heterocycles. The van der Waals surface area contributed by atoms with Crippen LogP contribution in [-0.4, -0.2) is 16.0 Å². The highest BCUT2D eigenvalue weighted by Crippen LogP contribution is 2.14. The van der Waals surface area contributed by atoms with E-state index in [-0.39, 0.29) is 18.1 Å². The number of hydrogen-bond acceptors (Lipinski definition) is 3. The van der Waals surface area contributed by atoms with E-state index in [4.69, 9.17) is 5.11 Å². The molecule has 0 radical (unpaired) electrons. The van der Waals surface area contributed by atoms with Crippen LogP contribution in [0.15, 0.2) is 47.2 Å². The molecule has 0 aliphatic heterocycles. The molecule has 5 heteroatoms. The molecule has 18 heavy (non-hydrogen) atoms. The maximum atomic E-state index is 11.8. The van der Waals surface area contributed by atoms with Crippen LogP contribution in [0.25, 0.3) is 0 Å².